The highest BCUT2D eigenvalue weighted by atomic mass is 16.6. The number of aryl methyl sites for hydroxylation is 1. The molecule has 0 spiro atoms. The molecule has 0 fully saturated rings. The molecule has 0 bridgehead atoms. The number of hydrogen-bond donors (Lipinski definition) is 1. The van der Waals surface area contributed by atoms with E-state index in [2.05, 4.69) is 6.58 Å². The van der Waals surface area contributed by atoms with Gasteiger partial charge in [-0.2, -0.15) is 0 Å². The number of carbonyl (C=O) groups excluding carboxylic acids is 1. The van der Waals surface area contributed by atoms with Crippen molar-refractivity contribution in [3.63, 3.8) is 0 Å². The average molecular weight is 236 g/mol. The van der Waals surface area contributed by atoms with Gasteiger partial charge in [0.05, 0.1) is 6.61 Å². The summed E-state index contributed by atoms with van der Waals surface area (Å²) in [4.78, 5) is 10.9. The molecule has 0 radical (unpaired) electrons. The molecule has 0 aliphatic carbocycles. The quantitative estimate of drug-likeness (QED) is 0.600. The second kappa shape index (κ2) is 6.70. The zero-order valence-electron chi connectivity index (χ0n) is 9.76. The molecule has 0 saturated carbocycles. The summed E-state index contributed by atoms with van der Waals surface area (Å²) in [6, 6.07) is 7.49. The maximum absolute atomic E-state index is 10.9. The minimum absolute atomic E-state index is 0.111. The molecule has 4 nitrogen and oxygen atoms in total. The first-order chi connectivity index (χ1) is 8.15. The Kier molecular flexibility index (Phi) is 5.23. The Morgan fingerprint density at radius 2 is 2.35 bits per heavy atom. The molecule has 1 N–H and O–H groups in total. The van der Waals surface area contributed by atoms with Gasteiger partial charge in [-0.15, -0.1) is 0 Å². The first-order valence-corrected chi connectivity index (χ1v) is 5.29. The van der Waals surface area contributed by atoms with Crippen molar-refractivity contribution in [1.29, 1.82) is 0 Å². The Labute approximate surface area is 100 Å². The van der Waals surface area contributed by atoms with Crippen molar-refractivity contribution in [3.05, 3.63) is 42.5 Å². The van der Waals surface area contributed by atoms with E-state index in [-0.39, 0.29) is 13.2 Å². The van der Waals surface area contributed by atoms with Crippen molar-refractivity contribution < 1.29 is 19.4 Å². The number of rotatable bonds is 6. The van der Waals surface area contributed by atoms with E-state index in [4.69, 9.17) is 14.6 Å². The van der Waals surface area contributed by atoms with Crippen molar-refractivity contribution in [3.8, 4) is 5.75 Å². The molecule has 1 aromatic rings. The second-order valence-electron chi connectivity index (χ2n) is 3.57. The van der Waals surface area contributed by atoms with Crippen molar-refractivity contribution >= 4 is 5.97 Å². The Hall–Kier alpha value is -1.81. The molecule has 0 amide bonds. The van der Waals surface area contributed by atoms with Gasteiger partial charge in [-0.3, -0.25) is 0 Å². The fraction of sp³-hybridized carbons (Fsp3) is 0.308. The molecular weight excluding hydrogens is 220 g/mol. The minimum Gasteiger partial charge on any atom is -0.490 e. The Morgan fingerprint density at radius 3 is 2.94 bits per heavy atom. The van der Waals surface area contributed by atoms with Crippen LogP contribution in [0.5, 0.6) is 5.75 Å². The minimum atomic E-state index is -0.680. The maximum Gasteiger partial charge on any atom is 0.330 e. The van der Waals surface area contributed by atoms with E-state index in [1.807, 2.05) is 25.1 Å². The Balaban J connectivity index is 2.47. The van der Waals surface area contributed by atoms with Crippen molar-refractivity contribution in [2.24, 2.45) is 0 Å². The van der Waals surface area contributed by atoms with Gasteiger partial charge >= 0.3 is 5.97 Å². The highest BCUT2D eigenvalue weighted by Crippen LogP contribution is 2.12. The van der Waals surface area contributed by atoms with Gasteiger partial charge in [-0.05, 0) is 24.6 Å². The van der Waals surface area contributed by atoms with E-state index >= 15 is 0 Å². The van der Waals surface area contributed by atoms with Crippen LogP contribution >= 0.6 is 0 Å². The number of ether oxygens (including phenoxy) is 2. The van der Waals surface area contributed by atoms with Gasteiger partial charge in [0.25, 0.3) is 0 Å². The molecule has 17 heavy (non-hydrogen) atoms. The predicted octanol–water partition coefficient (Wildman–Crippen LogP) is 1.46. The SMILES string of the molecule is C=CC(=O)O[C@@H](CO)COc1cccc(C)c1. The highest BCUT2D eigenvalue weighted by Gasteiger charge is 2.12. The molecule has 0 heterocycles. The van der Waals surface area contributed by atoms with E-state index in [0.717, 1.165) is 11.6 Å². The van der Waals surface area contributed by atoms with Crippen LogP contribution in [-0.2, 0) is 9.53 Å². The van der Waals surface area contributed by atoms with E-state index in [0.29, 0.717) is 5.75 Å². The largest absolute Gasteiger partial charge is 0.490 e. The van der Waals surface area contributed by atoms with Crippen LogP contribution < -0.4 is 4.74 Å². The molecule has 0 saturated heterocycles. The lowest BCUT2D eigenvalue weighted by molar-refractivity contribution is -0.146. The predicted molar refractivity (Wildman–Crippen MR) is 63.8 cm³/mol. The van der Waals surface area contributed by atoms with E-state index in [1.54, 1.807) is 6.07 Å². The molecule has 1 aromatic carbocycles. The van der Waals surface area contributed by atoms with Crippen LogP contribution in [0.25, 0.3) is 0 Å². The standard InChI is InChI=1S/C13H16O4/c1-3-13(15)17-12(8-14)9-16-11-6-4-5-10(2)7-11/h3-7,12,14H,1,8-9H2,2H3/t12-/m0/s1. The summed E-state index contributed by atoms with van der Waals surface area (Å²) in [5.41, 5.74) is 1.08. The molecule has 0 aromatic heterocycles. The molecule has 4 heteroatoms. The van der Waals surface area contributed by atoms with Crippen LogP contribution in [0.15, 0.2) is 36.9 Å². The van der Waals surface area contributed by atoms with Gasteiger partial charge < -0.3 is 14.6 Å². The van der Waals surface area contributed by atoms with Gasteiger partial charge in [0.2, 0.25) is 0 Å². The Bertz CT molecular complexity index is 387. The highest BCUT2D eigenvalue weighted by molar-refractivity contribution is 5.81. The third-order valence-corrected chi connectivity index (χ3v) is 2.08. The van der Waals surface area contributed by atoms with Gasteiger partial charge in [0, 0.05) is 6.08 Å². The first kappa shape index (κ1) is 13.3. The monoisotopic (exact) mass is 236 g/mol. The maximum atomic E-state index is 10.9. The molecule has 0 aliphatic rings. The van der Waals surface area contributed by atoms with Crippen LogP contribution in [-0.4, -0.2) is 30.4 Å². The third kappa shape index (κ3) is 4.70. The summed E-state index contributed by atoms with van der Waals surface area (Å²) >= 11 is 0. The van der Waals surface area contributed by atoms with Gasteiger partial charge in [-0.25, -0.2) is 4.79 Å². The van der Waals surface area contributed by atoms with Crippen molar-refractivity contribution in [1.82, 2.24) is 0 Å². The number of hydrogen-bond acceptors (Lipinski definition) is 4. The van der Waals surface area contributed by atoms with Crippen LogP contribution in [0.2, 0.25) is 0 Å². The lowest BCUT2D eigenvalue weighted by Gasteiger charge is -2.15. The number of carbonyl (C=O) groups is 1. The van der Waals surface area contributed by atoms with Crippen LogP contribution in [0.3, 0.4) is 0 Å². The van der Waals surface area contributed by atoms with Crippen LogP contribution in [0.4, 0.5) is 0 Å². The third-order valence-electron chi connectivity index (χ3n) is 2.08. The number of esters is 1. The molecule has 1 rings (SSSR count). The fourth-order valence-electron chi connectivity index (χ4n) is 1.23. The second-order valence-corrected chi connectivity index (χ2v) is 3.57. The summed E-state index contributed by atoms with van der Waals surface area (Å²) in [5, 5.41) is 9.01. The summed E-state index contributed by atoms with van der Waals surface area (Å²) in [5.74, 6) is 0.106. The van der Waals surface area contributed by atoms with Gasteiger partial charge in [0.15, 0.2) is 6.10 Å². The number of benzene rings is 1. The topological polar surface area (TPSA) is 55.8 Å². The lowest BCUT2D eigenvalue weighted by atomic mass is 10.2. The summed E-state index contributed by atoms with van der Waals surface area (Å²) in [6.45, 7) is 5.06. The summed E-state index contributed by atoms with van der Waals surface area (Å²) in [7, 11) is 0. The zero-order chi connectivity index (χ0) is 12.7. The van der Waals surface area contributed by atoms with Crippen LogP contribution in [0, 0.1) is 6.92 Å². The van der Waals surface area contributed by atoms with Crippen LogP contribution in [0.1, 0.15) is 5.56 Å². The van der Waals surface area contributed by atoms with E-state index in [1.165, 1.54) is 0 Å². The fourth-order valence-corrected chi connectivity index (χ4v) is 1.23. The lowest BCUT2D eigenvalue weighted by Crippen LogP contribution is -2.27. The van der Waals surface area contributed by atoms with Gasteiger partial charge in [0.1, 0.15) is 12.4 Å². The van der Waals surface area contributed by atoms with Crippen molar-refractivity contribution in [2.75, 3.05) is 13.2 Å². The van der Waals surface area contributed by atoms with E-state index < -0.39 is 12.1 Å². The first-order valence-electron chi connectivity index (χ1n) is 5.29. The average Bonchev–Trinajstić information content (AvgIpc) is 2.34. The normalized spacial score (nSPS) is 11.6. The molecule has 92 valence electrons. The summed E-state index contributed by atoms with van der Waals surface area (Å²) in [6.07, 6.45) is 0.371. The van der Waals surface area contributed by atoms with E-state index in [9.17, 15) is 4.79 Å². The van der Waals surface area contributed by atoms with Crippen molar-refractivity contribution in [2.45, 2.75) is 13.0 Å². The number of aliphatic hydroxyl groups excluding tert-OH is 1. The Morgan fingerprint density at radius 1 is 1.59 bits per heavy atom. The molecule has 0 unspecified atom stereocenters. The summed E-state index contributed by atoms with van der Waals surface area (Å²) < 4.78 is 10.3. The molecule has 0 aliphatic heterocycles. The zero-order valence-corrected chi connectivity index (χ0v) is 9.76. The number of aliphatic hydroxyl groups is 1. The van der Waals surface area contributed by atoms with Gasteiger partial charge in [-0.1, -0.05) is 18.7 Å². The smallest absolute Gasteiger partial charge is 0.330 e. The molecular formula is C13H16O4. The molecule has 1 atom stereocenters.